The molecule has 1 fully saturated rings. The van der Waals surface area contributed by atoms with Crippen molar-refractivity contribution in [1.82, 2.24) is 9.88 Å². The van der Waals surface area contributed by atoms with Crippen molar-refractivity contribution in [2.45, 2.75) is 30.7 Å². The van der Waals surface area contributed by atoms with E-state index in [0.29, 0.717) is 24.1 Å². The number of benzene rings is 1. The molecule has 1 aromatic heterocycles. The Kier molecular flexibility index (Phi) is 5.20. The van der Waals surface area contributed by atoms with E-state index in [1.54, 1.807) is 30.5 Å². The van der Waals surface area contributed by atoms with E-state index >= 15 is 0 Å². The average Bonchev–Trinajstić information content (AvgIpc) is 2.61. The van der Waals surface area contributed by atoms with E-state index in [-0.39, 0.29) is 5.75 Å². The van der Waals surface area contributed by atoms with E-state index in [4.69, 9.17) is 0 Å². The van der Waals surface area contributed by atoms with Gasteiger partial charge in [-0.3, -0.25) is 4.98 Å². The molecule has 3 rings (SSSR count). The maximum absolute atomic E-state index is 12.6. The van der Waals surface area contributed by atoms with Crippen molar-refractivity contribution < 1.29 is 23.0 Å². The summed E-state index contributed by atoms with van der Waals surface area (Å²) >= 11 is 0. The molecule has 7 heteroatoms. The highest BCUT2D eigenvalue weighted by molar-refractivity contribution is 5.37. The van der Waals surface area contributed by atoms with Crippen LogP contribution in [-0.2, 0) is 5.41 Å². The minimum Gasteiger partial charge on any atom is -0.406 e. The van der Waals surface area contributed by atoms with Gasteiger partial charge in [0.15, 0.2) is 0 Å². The molecule has 0 saturated carbocycles. The molecule has 0 aliphatic carbocycles. The summed E-state index contributed by atoms with van der Waals surface area (Å²) in [4.78, 5) is 6.39. The number of aromatic nitrogens is 1. The zero-order chi connectivity index (χ0) is 18.8. The van der Waals surface area contributed by atoms with Gasteiger partial charge >= 0.3 is 6.36 Å². The summed E-state index contributed by atoms with van der Waals surface area (Å²) in [5.41, 5.74) is 0.427. The fourth-order valence-corrected chi connectivity index (χ4v) is 3.56. The van der Waals surface area contributed by atoms with Crippen LogP contribution in [0.5, 0.6) is 5.75 Å². The lowest BCUT2D eigenvalue weighted by molar-refractivity contribution is -0.274. The zero-order valence-corrected chi connectivity index (χ0v) is 14.4. The highest BCUT2D eigenvalue weighted by atomic mass is 19.4. The predicted molar refractivity (Wildman–Crippen MR) is 90.7 cm³/mol. The summed E-state index contributed by atoms with van der Waals surface area (Å²) in [7, 11) is 1.99. The van der Waals surface area contributed by atoms with Crippen molar-refractivity contribution in [1.29, 1.82) is 0 Å². The number of likely N-dealkylation sites (tertiary alicyclic amines) is 1. The third-order valence-electron chi connectivity index (χ3n) is 5.01. The Labute approximate surface area is 150 Å². The molecule has 1 N–H and O–H groups in total. The van der Waals surface area contributed by atoms with Gasteiger partial charge < -0.3 is 14.7 Å². The number of hydrogen-bond donors (Lipinski definition) is 1. The van der Waals surface area contributed by atoms with Crippen molar-refractivity contribution in [3.63, 3.8) is 0 Å². The summed E-state index contributed by atoms with van der Waals surface area (Å²) in [6, 6.07) is 11.2. The van der Waals surface area contributed by atoms with Crippen LogP contribution in [0.25, 0.3) is 0 Å². The summed E-state index contributed by atoms with van der Waals surface area (Å²) in [5.74, 6) is -0.276. The number of hydrogen-bond acceptors (Lipinski definition) is 4. The first-order valence-corrected chi connectivity index (χ1v) is 8.44. The van der Waals surface area contributed by atoms with E-state index in [1.165, 1.54) is 18.2 Å². The molecule has 4 nitrogen and oxygen atoms in total. The van der Waals surface area contributed by atoms with Gasteiger partial charge in [-0.1, -0.05) is 18.2 Å². The van der Waals surface area contributed by atoms with Crippen LogP contribution in [0.15, 0.2) is 48.7 Å². The number of alkyl halides is 3. The second kappa shape index (κ2) is 7.25. The van der Waals surface area contributed by atoms with Crippen LogP contribution < -0.4 is 4.74 Å². The fourth-order valence-electron chi connectivity index (χ4n) is 3.56. The van der Waals surface area contributed by atoms with Crippen LogP contribution >= 0.6 is 0 Å². The first-order chi connectivity index (χ1) is 12.3. The molecule has 26 heavy (non-hydrogen) atoms. The number of piperidine rings is 1. The third-order valence-corrected chi connectivity index (χ3v) is 5.01. The molecule has 140 valence electrons. The number of rotatable bonds is 4. The lowest BCUT2D eigenvalue weighted by Crippen LogP contribution is -2.45. The van der Waals surface area contributed by atoms with E-state index < -0.39 is 17.9 Å². The standard InChI is InChI=1S/C19H21F3N2O2/c1-24-11-8-18(9-12-24,17(25)16-7-2-3-10-23-16)14-5-4-6-15(13-14)26-19(20,21)22/h2-7,10,13,17,25H,8-9,11-12H2,1H3. The number of pyridine rings is 1. The molecule has 0 bridgehead atoms. The molecule has 1 aliphatic rings. The Morgan fingerprint density at radius 3 is 2.50 bits per heavy atom. The molecule has 1 aliphatic heterocycles. The topological polar surface area (TPSA) is 45.6 Å². The van der Waals surface area contributed by atoms with Crippen molar-refractivity contribution in [3.8, 4) is 5.75 Å². The van der Waals surface area contributed by atoms with Crippen LogP contribution in [-0.4, -0.2) is 41.5 Å². The Hall–Kier alpha value is -2.12. The van der Waals surface area contributed by atoms with Gasteiger partial charge in [-0.15, -0.1) is 13.2 Å². The summed E-state index contributed by atoms with van der Waals surface area (Å²) in [6.07, 6.45) is -2.85. The van der Waals surface area contributed by atoms with E-state index in [0.717, 1.165) is 13.1 Å². The molecule has 1 unspecified atom stereocenters. The first kappa shape index (κ1) is 18.7. The highest BCUT2D eigenvalue weighted by Gasteiger charge is 2.43. The van der Waals surface area contributed by atoms with Crippen LogP contribution in [0, 0.1) is 0 Å². The second-order valence-electron chi connectivity index (χ2n) is 6.69. The first-order valence-electron chi connectivity index (χ1n) is 8.44. The number of ether oxygens (including phenoxy) is 1. The molecule has 0 spiro atoms. The summed E-state index contributed by atoms with van der Waals surface area (Å²) in [5, 5.41) is 11.1. The predicted octanol–water partition coefficient (Wildman–Crippen LogP) is 3.68. The van der Waals surface area contributed by atoms with E-state index in [2.05, 4.69) is 14.6 Å². The van der Waals surface area contributed by atoms with E-state index in [9.17, 15) is 18.3 Å². The lowest BCUT2D eigenvalue weighted by atomic mass is 9.68. The smallest absolute Gasteiger partial charge is 0.406 e. The Morgan fingerprint density at radius 2 is 1.88 bits per heavy atom. The monoisotopic (exact) mass is 366 g/mol. The van der Waals surface area contributed by atoms with Gasteiger partial charge in [0.25, 0.3) is 0 Å². The Balaban J connectivity index is 2.00. The van der Waals surface area contributed by atoms with Crippen LogP contribution in [0.1, 0.15) is 30.2 Å². The molecule has 0 radical (unpaired) electrons. The SMILES string of the molecule is CN1CCC(c2cccc(OC(F)(F)F)c2)(C(O)c2ccccn2)CC1. The van der Waals surface area contributed by atoms with Gasteiger partial charge in [0.2, 0.25) is 0 Å². The van der Waals surface area contributed by atoms with Crippen molar-refractivity contribution >= 4 is 0 Å². The summed E-state index contributed by atoms with van der Waals surface area (Å²) in [6.45, 7) is 1.46. The zero-order valence-electron chi connectivity index (χ0n) is 14.4. The fraction of sp³-hybridized carbons (Fsp3) is 0.421. The van der Waals surface area contributed by atoms with Gasteiger partial charge in [0.1, 0.15) is 11.9 Å². The highest BCUT2D eigenvalue weighted by Crippen LogP contribution is 2.45. The summed E-state index contributed by atoms with van der Waals surface area (Å²) < 4.78 is 41.9. The molecular weight excluding hydrogens is 345 g/mol. The molecular formula is C19H21F3N2O2. The molecule has 1 aromatic carbocycles. The number of aliphatic hydroxyl groups is 1. The number of nitrogens with zero attached hydrogens (tertiary/aromatic N) is 2. The minimum absolute atomic E-state index is 0.276. The van der Waals surface area contributed by atoms with Crippen LogP contribution in [0.2, 0.25) is 0 Å². The van der Waals surface area contributed by atoms with Gasteiger partial charge in [-0.05, 0) is 62.8 Å². The normalized spacial score (nSPS) is 19.1. The molecule has 0 amide bonds. The minimum atomic E-state index is -4.75. The van der Waals surface area contributed by atoms with Gasteiger partial charge in [-0.25, -0.2) is 0 Å². The van der Waals surface area contributed by atoms with Gasteiger partial charge in [0.05, 0.1) is 5.69 Å². The molecule has 2 aromatic rings. The van der Waals surface area contributed by atoms with Gasteiger partial charge in [-0.2, -0.15) is 0 Å². The van der Waals surface area contributed by atoms with Crippen LogP contribution in [0.3, 0.4) is 0 Å². The maximum Gasteiger partial charge on any atom is 0.573 e. The lowest BCUT2D eigenvalue weighted by Gasteiger charge is -2.44. The Bertz CT molecular complexity index is 729. The van der Waals surface area contributed by atoms with E-state index in [1.807, 2.05) is 7.05 Å². The molecule has 1 atom stereocenters. The Morgan fingerprint density at radius 1 is 1.15 bits per heavy atom. The molecule has 1 saturated heterocycles. The van der Waals surface area contributed by atoms with Crippen LogP contribution in [0.4, 0.5) is 13.2 Å². The third kappa shape index (κ3) is 3.99. The number of halogens is 3. The maximum atomic E-state index is 12.6. The van der Waals surface area contributed by atoms with Crippen molar-refractivity contribution in [3.05, 3.63) is 59.9 Å². The van der Waals surface area contributed by atoms with Crippen molar-refractivity contribution in [2.75, 3.05) is 20.1 Å². The largest absolute Gasteiger partial charge is 0.573 e. The quantitative estimate of drug-likeness (QED) is 0.897. The average molecular weight is 366 g/mol. The van der Waals surface area contributed by atoms with Gasteiger partial charge in [0, 0.05) is 11.6 Å². The van der Waals surface area contributed by atoms with Crippen molar-refractivity contribution in [2.24, 2.45) is 0 Å². The second-order valence-corrected chi connectivity index (χ2v) is 6.69. The number of aliphatic hydroxyl groups excluding tert-OH is 1. The molecule has 2 heterocycles.